The van der Waals surface area contributed by atoms with Gasteiger partial charge >= 0.3 is 0 Å². The van der Waals surface area contributed by atoms with E-state index in [2.05, 4.69) is 0 Å². The van der Waals surface area contributed by atoms with Crippen LogP contribution >= 0.6 is 11.6 Å². The van der Waals surface area contributed by atoms with E-state index >= 15 is 0 Å². The van der Waals surface area contributed by atoms with E-state index < -0.39 is 11.5 Å². The molecule has 0 aromatic heterocycles. The van der Waals surface area contributed by atoms with Crippen molar-refractivity contribution in [3.8, 4) is 5.75 Å². The molecule has 1 atom stereocenters. The van der Waals surface area contributed by atoms with Gasteiger partial charge in [-0.3, -0.25) is 9.59 Å². The van der Waals surface area contributed by atoms with Crippen molar-refractivity contribution in [2.24, 2.45) is 0 Å². The van der Waals surface area contributed by atoms with Gasteiger partial charge in [0.05, 0.1) is 25.8 Å². The number of rotatable bonds is 6. The molecule has 0 saturated heterocycles. The number of aliphatic hydroxyl groups is 1. The van der Waals surface area contributed by atoms with E-state index in [1.165, 1.54) is 4.90 Å². The van der Waals surface area contributed by atoms with Crippen molar-refractivity contribution in [1.29, 1.82) is 0 Å². The maximum absolute atomic E-state index is 13.3. The van der Waals surface area contributed by atoms with Crippen LogP contribution in [0.3, 0.4) is 0 Å². The zero-order valence-electron chi connectivity index (χ0n) is 16.3. The number of Topliss-reactive ketones (excluding diaryl/α,β-unsaturated/α-hetero) is 1. The summed E-state index contributed by atoms with van der Waals surface area (Å²) in [5, 5.41) is 11.8. The Balaban J connectivity index is 1.68. The summed E-state index contributed by atoms with van der Waals surface area (Å²) < 4.78 is 5.11. The van der Waals surface area contributed by atoms with Gasteiger partial charge in [-0.1, -0.05) is 41.9 Å². The molecule has 0 spiro atoms. The summed E-state index contributed by atoms with van der Waals surface area (Å²) in [5.74, 6) is -0.264. The van der Waals surface area contributed by atoms with Gasteiger partial charge in [-0.25, -0.2) is 0 Å². The minimum atomic E-state index is -1.98. The fourth-order valence-corrected chi connectivity index (χ4v) is 3.90. The first-order valence-electron chi connectivity index (χ1n) is 9.48. The molecule has 5 nitrogen and oxygen atoms in total. The molecule has 0 radical (unpaired) electrons. The number of ketones is 1. The van der Waals surface area contributed by atoms with Gasteiger partial charge < -0.3 is 14.7 Å². The van der Waals surface area contributed by atoms with Crippen molar-refractivity contribution >= 4 is 29.0 Å². The van der Waals surface area contributed by atoms with Crippen LogP contribution in [0.4, 0.5) is 5.69 Å². The number of hydrogen-bond acceptors (Lipinski definition) is 4. The average molecular weight is 422 g/mol. The largest absolute Gasteiger partial charge is 0.497 e. The van der Waals surface area contributed by atoms with Gasteiger partial charge in [-0.2, -0.15) is 0 Å². The lowest BCUT2D eigenvalue weighted by atomic mass is 9.88. The topological polar surface area (TPSA) is 66.8 Å². The number of methoxy groups -OCH3 is 1. The molecule has 1 aliphatic heterocycles. The lowest BCUT2D eigenvalue weighted by Gasteiger charge is -2.23. The number of carbonyl (C=O) groups is 2. The van der Waals surface area contributed by atoms with E-state index in [0.717, 1.165) is 5.56 Å². The fourth-order valence-electron chi connectivity index (χ4n) is 3.73. The first-order valence-corrected chi connectivity index (χ1v) is 9.86. The van der Waals surface area contributed by atoms with E-state index in [0.29, 0.717) is 27.6 Å². The van der Waals surface area contributed by atoms with Crippen LogP contribution in [0.1, 0.15) is 27.9 Å². The second kappa shape index (κ2) is 7.94. The molecule has 1 heterocycles. The Labute approximate surface area is 179 Å². The standard InChI is InChI=1S/C24H20ClNO4/c1-30-19-10-7-17(8-11-19)22(27)14-24(29)20-13-18(25)9-12-21(20)26(23(24)28)15-16-5-3-2-4-6-16/h2-13,29H,14-15H2,1H3/t24-/m0/s1. The molecule has 3 aromatic carbocycles. The maximum Gasteiger partial charge on any atom is 0.264 e. The van der Waals surface area contributed by atoms with Crippen LogP contribution < -0.4 is 9.64 Å². The van der Waals surface area contributed by atoms with Gasteiger partial charge in [0.25, 0.3) is 5.91 Å². The summed E-state index contributed by atoms with van der Waals surface area (Å²) in [7, 11) is 1.54. The Morgan fingerprint density at radius 3 is 2.43 bits per heavy atom. The van der Waals surface area contributed by atoms with Crippen LogP contribution in [-0.4, -0.2) is 23.9 Å². The number of nitrogens with zero attached hydrogens (tertiary/aromatic N) is 1. The molecule has 30 heavy (non-hydrogen) atoms. The lowest BCUT2D eigenvalue weighted by Crippen LogP contribution is -2.41. The third-order valence-corrected chi connectivity index (χ3v) is 5.54. The van der Waals surface area contributed by atoms with Gasteiger partial charge in [0.2, 0.25) is 0 Å². The van der Waals surface area contributed by atoms with Gasteiger partial charge in [-0.05, 0) is 48.0 Å². The molecule has 3 aromatic rings. The molecule has 0 saturated carbocycles. The summed E-state index contributed by atoms with van der Waals surface area (Å²) in [5.41, 5.74) is 0.224. The number of ether oxygens (including phenoxy) is 1. The number of fused-ring (bicyclic) bond motifs is 1. The normalized spacial score (nSPS) is 17.7. The number of halogens is 1. The Bertz CT molecular complexity index is 1100. The van der Waals surface area contributed by atoms with Crippen LogP contribution in [0.5, 0.6) is 5.75 Å². The summed E-state index contributed by atoms with van der Waals surface area (Å²) in [4.78, 5) is 27.7. The highest BCUT2D eigenvalue weighted by molar-refractivity contribution is 6.31. The van der Waals surface area contributed by atoms with Crippen molar-refractivity contribution in [2.45, 2.75) is 18.6 Å². The van der Waals surface area contributed by atoms with Crippen LogP contribution in [0.15, 0.2) is 72.8 Å². The first-order chi connectivity index (χ1) is 14.4. The highest BCUT2D eigenvalue weighted by atomic mass is 35.5. The molecule has 0 bridgehead atoms. The molecule has 1 aliphatic rings. The Hall–Kier alpha value is -3.15. The van der Waals surface area contributed by atoms with E-state index in [1.807, 2.05) is 30.3 Å². The predicted octanol–water partition coefficient (Wildman–Crippen LogP) is 4.36. The summed E-state index contributed by atoms with van der Waals surface area (Å²) in [6.45, 7) is 0.285. The zero-order chi connectivity index (χ0) is 21.3. The number of hydrogen-bond donors (Lipinski definition) is 1. The van der Waals surface area contributed by atoms with E-state index in [9.17, 15) is 14.7 Å². The fraction of sp³-hybridized carbons (Fsp3) is 0.167. The molecule has 4 rings (SSSR count). The highest BCUT2D eigenvalue weighted by Crippen LogP contribution is 2.44. The molecule has 1 amide bonds. The second-order valence-corrected chi connectivity index (χ2v) is 7.66. The van der Waals surface area contributed by atoms with Gasteiger partial charge in [0.1, 0.15) is 5.75 Å². The minimum Gasteiger partial charge on any atom is -0.497 e. The van der Waals surface area contributed by atoms with Crippen LogP contribution in [0, 0.1) is 0 Å². The number of carbonyl (C=O) groups excluding carboxylic acids is 2. The van der Waals surface area contributed by atoms with E-state index in [1.54, 1.807) is 49.6 Å². The van der Waals surface area contributed by atoms with Crippen LogP contribution in [0.25, 0.3) is 0 Å². The predicted molar refractivity (Wildman–Crippen MR) is 115 cm³/mol. The van der Waals surface area contributed by atoms with Crippen LogP contribution in [-0.2, 0) is 16.9 Å². The van der Waals surface area contributed by atoms with Crippen molar-refractivity contribution in [3.05, 3.63) is 94.5 Å². The molecule has 152 valence electrons. The van der Waals surface area contributed by atoms with Gasteiger partial charge in [0, 0.05) is 16.1 Å². The molecule has 0 fully saturated rings. The molecule has 1 N–H and O–H groups in total. The molecular formula is C24H20ClNO4. The van der Waals surface area contributed by atoms with Gasteiger partial charge in [0.15, 0.2) is 11.4 Å². The lowest BCUT2D eigenvalue weighted by molar-refractivity contribution is -0.136. The number of anilines is 1. The third kappa shape index (κ3) is 3.58. The van der Waals surface area contributed by atoms with Crippen molar-refractivity contribution in [3.63, 3.8) is 0 Å². The summed E-state index contributed by atoms with van der Waals surface area (Å²) >= 11 is 6.15. The van der Waals surface area contributed by atoms with Crippen LogP contribution in [0.2, 0.25) is 5.02 Å². The van der Waals surface area contributed by atoms with Crippen molar-refractivity contribution < 1.29 is 19.4 Å². The second-order valence-electron chi connectivity index (χ2n) is 7.23. The maximum atomic E-state index is 13.3. The molecule has 0 aliphatic carbocycles. The monoisotopic (exact) mass is 421 g/mol. The highest BCUT2D eigenvalue weighted by Gasteiger charge is 2.51. The van der Waals surface area contributed by atoms with Crippen molar-refractivity contribution in [2.75, 3.05) is 12.0 Å². The van der Waals surface area contributed by atoms with Gasteiger partial charge in [-0.15, -0.1) is 0 Å². The molecule has 0 unspecified atom stereocenters. The molecule has 6 heteroatoms. The summed E-state index contributed by atoms with van der Waals surface area (Å²) in [6, 6.07) is 21.0. The number of benzene rings is 3. The minimum absolute atomic E-state index is 0.285. The zero-order valence-corrected chi connectivity index (χ0v) is 17.1. The summed E-state index contributed by atoms with van der Waals surface area (Å²) in [6.07, 6.45) is -0.378. The Morgan fingerprint density at radius 2 is 1.77 bits per heavy atom. The average Bonchev–Trinajstić information content (AvgIpc) is 2.96. The van der Waals surface area contributed by atoms with Crippen molar-refractivity contribution in [1.82, 2.24) is 0 Å². The third-order valence-electron chi connectivity index (χ3n) is 5.31. The molecular weight excluding hydrogens is 402 g/mol. The van der Waals surface area contributed by atoms with E-state index in [4.69, 9.17) is 16.3 Å². The smallest absolute Gasteiger partial charge is 0.264 e. The Kier molecular flexibility index (Phi) is 5.33. The van der Waals surface area contributed by atoms with E-state index in [-0.39, 0.29) is 18.7 Å². The number of amides is 1. The quantitative estimate of drug-likeness (QED) is 0.601. The first kappa shape index (κ1) is 20.1. The SMILES string of the molecule is COc1ccc(C(=O)C[C@@]2(O)C(=O)N(Cc3ccccc3)c3ccc(Cl)cc32)cc1. The Morgan fingerprint density at radius 1 is 1.07 bits per heavy atom.